The summed E-state index contributed by atoms with van der Waals surface area (Å²) < 4.78 is 0. The summed E-state index contributed by atoms with van der Waals surface area (Å²) in [6.07, 6.45) is 4.66. The van der Waals surface area contributed by atoms with Crippen LogP contribution in [0.4, 0.5) is 5.82 Å². The molecular formula is C15H15N3OS. The molecule has 0 unspecified atom stereocenters. The van der Waals surface area contributed by atoms with Gasteiger partial charge in [-0.05, 0) is 38.0 Å². The third-order valence-corrected chi connectivity index (χ3v) is 4.65. The molecule has 0 aliphatic carbocycles. The zero-order chi connectivity index (χ0) is 14.3. The van der Waals surface area contributed by atoms with Gasteiger partial charge in [-0.2, -0.15) is 0 Å². The number of aromatic nitrogens is 2. The summed E-state index contributed by atoms with van der Waals surface area (Å²) >= 11 is 1.73. The van der Waals surface area contributed by atoms with Crippen LogP contribution < -0.4 is 5.32 Å². The highest BCUT2D eigenvalue weighted by molar-refractivity contribution is 7.13. The van der Waals surface area contributed by atoms with E-state index in [1.54, 1.807) is 17.5 Å². The van der Waals surface area contributed by atoms with Gasteiger partial charge in [0.1, 0.15) is 11.6 Å². The van der Waals surface area contributed by atoms with Crippen LogP contribution in [0.2, 0.25) is 0 Å². The fourth-order valence-electron chi connectivity index (χ4n) is 2.31. The number of amides is 1. The van der Waals surface area contributed by atoms with E-state index in [-0.39, 0.29) is 5.91 Å². The zero-order valence-electron chi connectivity index (χ0n) is 11.7. The van der Waals surface area contributed by atoms with E-state index in [0.29, 0.717) is 17.2 Å². The van der Waals surface area contributed by atoms with Crippen LogP contribution in [0.15, 0.2) is 12.3 Å². The second kappa shape index (κ2) is 4.83. The van der Waals surface area contributed by atoms with Crippen LogP contribution >= 0.6 is 11.3 Å². The van der Waals surface area contributed by atoms with Gasteiger partial charge >= 0.3 is 0 Å². The standard InChI is InChI=1S/C15H15N3OS/c1-4-13-8(2)5-10(20-13)6-11-12-7-16-9(3)17-14(12)18-15(11)19/h5-7H,4H2,1-3H3,(H,16,17,18,19). The normalized spacial score (nSPS) is 15.6. The topological polar surface area (TPSA) is 54.9 Å². The van der Waals surface area contributed by atoms with Crippen molar-refractivity contribution in [2.45, 2.75) is 27.2 Å². The van der Waals surface area contributed by atoms with Crippen molar-refractivity contribution in [3.63, 3.8) is 0 Å². The molecule has 2 aromatic heterocycles. The highest BCUT2D eigenvalue weighted by Crippen LogP contribution is 2.33. The predicted molar refractivity (Wildman–Crippen MR) is 81.7 cm³/mol. The lowest BCUT2D eigenvalue weighted by atomic mass is 10.1. The van der Waals surface area contributed by atoms with E-state index in [0.717, 1.165) is 16.9 Å². The van der Waals surface area contributed by atoms with Crippen molar-refractivity contribution < 1.29 is 4.79 Å². The Balaban J connectivity index is 2.06. The fourth-order valence-corrected chi connectivity index (χ4v) is 3.37. The van der Waals surface area contributed by atoms with Crippen molar-refractivity contribution in [1.82, 2.24) is 9.97 Å². The summed E-state index contributed by atoms with van der Waals surface area (Å²) in [6.45, 7) is 6.06. The summed E-state index contributed by atoms with van der Waals surface area (Å²) in [4.78, 5) is 22.9. The van der Waals surface area contributed by atoms with Gasteiger partial charge in [0.05, 0.1) is 5.57 Å². The maximum atomic E-state index is 12.1. The van der Waals surface area contributed by atoms with E-state index in [2.05, 4.69) is 35.2 Å². The molecule has 0 saturated heterocycles. The van der Waals surface area contributed by atoms with E-state index in [1.165, 1.54) is 10.4 Å². The minimum atomic E-state index is -0.107. The Morgan fingerprint density at radius 3 is 2.90 bits per heavy atom. The molecule has 0 saturated carbocycles. The molecule has 5 heteroatoms. The first-order chi connectivity index (χ1) is 9.58. The first kappa shape index (κ1) is 13.0. The Hall–Kier alpha value is -2.01. The molecule has 2 aromatic rings. The molecule has 1 aliphatic heterocycles. The van der Waals surface area contributed by atoms with E-state index < -0.39 is 0 Å². The van der Waals surface area contributed by atoms with Gasteiger partial charge in [-0.3, -0.25) is 4.79 Å². The van der Waals surface area contributed by atoms with Gasteiger partial charge in [-0.15, -0.1) is 11.3 Å². The molecule has 3 heterocycles. The van der Waals surface area contributed by atoms with Crippen LogP contribution in [0.25, 0.3) is 11.6 Å². The average Bonchev–Trinajstić information content (AvgIpc) is 2.90. The maximum Gasteiger partial charge on any atom is 0.257 e. The van der Waals surface area contributed by atoms with Crippen molar-refractivity contribution in [3.8, 4) is 0 Å². The third-order valence-electron chi connectivity index (χ3n) is 3.32. The Bertz CT molecular complexity index is 731. The number of anilines is 1. The highest BCUT2D eigenvalue weighted by atomic mass is 32.1. The lowest BCUT2D eigenvalue weighted by Crippen LogP contribution is -2.04. The van der Waals surface area contributed by atoms with Crippen LogP contribution in [-0.4, -0.2) is 15.9 Å². The van der Waals surface area contributed by atoms with E-state index in [9.17, 15) is 4.79 Å². The molecule has 0 radical (unpaired) electrons. The van der Waals surface area contributed by atoms with Crippen LogP contribution in [0.1, 0.15) is 33.6 Å². The zero-order valence-corrected chi connectivity index (χ0v) is 12.5. The summed E-state index contributed by atoms with van der Waals surface area (Å²) in [5.74, 6) is 1.16. The number of thiophene rings is 1. The molecule has 0 aromatic carbocycles. The third kappa shape index (κ3) is 2.14. The number of carbonyl (C=O) groups is 1. The maximum absolute atomic E-state index is 12.1. The van der Waals surface area contributed by atoms with Crippen LogP contribution in [-0.2, 0) is 11.2 Å². The van der Waals surface area contributed by atoms with Crippen LogP contribution in [0, 0.1) is 13.8 Å². The van der Waals surface area contributed by atoms with Crippen LogP contribution in [0.5, 0.6) is 0 Å². The summed E-state index contributed by atoms with van der Waals surface area (Å²) in [5, 5.41) is 2.79. The Kier molecular flexibility index (Phi) is 3.14. The largest absolute Gasteiger partial charge is 0.306 e. The molecule has 0 atom stereocenters. The summed E-state index contributed by atoms with van der Waals surface area (Å²) in [6, 6.07) is 2.12. The number of hydrogen-bond acceptors (Lipinski definition) is 4. The minimum Gasteiger partial charge on any atom is -0.306 e. The molecular weight excluding hydrogens is 270 g/mol. The number of nitrogens with zero attached hydrogens (tertiary/aromatic N) is 2. The van der Waals surface area contributed by atoms with Crippen molar-refractivity contribution in [3.05, 3.63) is 39.0 Å². The van der Waals surface area contributed by atoms with Crippen LogP contribution in [0.3, 0.4) is 0 Å². The lowest BCUT2D eigenvalue weighted by Gasteiger charge is -1.97. The molecule has 1 N–H and O–H groups in total. The monoisotopic (exact) mass is 285 g/mol. The first-order valence-electron chi connectivity index (χ1n) is 6.55. The molecule has 0 spiro atoms. The van der Waals surface area contributed by atoms with E-state index >= 15 is 0 Å². The Morgan fingerprint density at radius 2 is 2.20 bits per heavy atom. The Morgan fingerprint density at radius 1 is 1.40 bits per heavy atom. The van der Waals surface area contributed by atoms with E-state index in [1.807, 2.05) is 13.0 Å². The van der Waals surface area contributed by atoms with Crippen molar-refractivity contribution in [1.29, 1.82) is 0 Å². The van der Waals surface area contributed by atoms with Crippen molar-refractivity contribution >= 4 is 34.7 Å². The predicted octanol–water partition coefficient (Wildman–Crippen LogP) is 3.21. The number of aryl methyl sites for hydroxylation is 3. The lowest BCUT2D eigenvalue weighted by molar-refractivity contribution is -0.110. The van der Waals surface area contributed by atoms with Crippen molar-refractivity contribution in [2.24, 2.45) is 0 Å². The molecule has 102 valence electrons. The minimum absolute atomic E-state index is 0.107. The summed E-state index contributed by atoms with van der Waals surface area (Å²) in [7, 11) is 0. The van der Waals surface area contributed by atoms with Gasteiger partial charge in [0.25, 0.3) is 5.91 Å². The molecule has 1 amide bonds. The smallest absolute Gasteiger partial charge is 0.257 e. The molecule has 4 nitrogen and oxygen atoms in total. The average molecular weight is 285 g/mol. The SMILES string of the molecule is CCc1sc(C=C2C(=O)Nc3nc(C)ncc32)cc1C. The second-order valence-corrected chi connectivity index (χ2v) is 5.97. The second-order valence-electron chi connectivity index (χ2n) is 4.80. The van der Waals surface area contributed by atoms with Gasteiger partial charge in [0.2, 0.25) is 0 Å². The number of carbonyl (C=O) groups excluding carboxylic acids is 1. The number of fused-ring (bicyclic) bond motifs is 1. The van der Waals surface area contributed by atoms with Crippen molar-refractivity contribution in [2.75, 3.05) is 5.32 Å². The molecule has 1 aliphatic rings. The Labute approximate surface area is 121 Å². The van der Waals surface area contributed by atoms with Gasteiger partial charge in [0, 0.05) is 21.5 Å². The van der Waals surface area contributed by atoms with E-state index in [4.69, 9.17) is 0 Å². The highest BCUT2D eigenvalue weighted by Gasteiger charge is 2.26. The first-order valence-corrected chi connectivity index (χ1v) is 7.36. The molecule has 3 rings (SSSR count). The molecule has 0 fully saturated rings. The number of rotatable bonds is 2. The van der Waals surface area contributed by atoms with Gasteiger partial charge in [0.15, 0.2) is 0 Å². The number of nitrogens with one attached hydrogen (secondary N) is 1. The van der Waals surface area contributed by atoms with Gasteiger partial charge in [-0.1, -0.05) is 6.92 Å². The summed E-state index contributed by atoms with van der Waals surface area (Å²) in [5.41, 5.74) is 2.71. The molecule has 20 heavy (non-hydrogen) atoms. The molecule has 0 bridgehead atoms. The quantitative estimate of drug-likeness (QED) is 0.862. The van der Waals surface area contributed by atoms with Gasteiger partial charge < -0.3 is 5.32 Å². The number of hydrogen-bond donors (Lipinski definition) is 1. The fraction of sp³-hybridized carbons (Fsp3) is 0.267. The van der Waals surface area contributed by atoms with Gasteiger partial charge in [-0.25, -0.2) is 9.97 Å².